The number of hydrogen-bond donors (Lipinski definition) is 1. The van der Waals surface area contributed by atoms with E-state index >= 15 is 0 Å². The lowest BCUT2D eigenvalue weighted by Crippen LogP contribution is -2.56. The Bertz CT molecular complexity index is 1020. The smallest absolute Gasteiger partial charge is 0.215 e. The van der Waals surface area contributed by atoms with Crippen molar-refractivity contribution < 1.29 is 23.1 Å². The molecule has 0 amide bonds. The van der Waals surface area contributed by atoms with Gasteiger partial charge in [-0.25, -0.2) is 12.7 Å². The highest BCUT2D eigenvalue weighted by atomic mass is 32.2. The van der Waals surface area contributed by atoms with Gasteiger partial charge in [0.1, 0.15) is 11.5 Å². The van der Waals surface area contributed by atoms with E-state index in [1.165, 1.54) is 4.31 Å². The number of rotatable bonds is 7. The fraction of sp³-hybridized carbons (Fsp3) is 0.720. The van der Waals surface area contributed by atoms with Crippen LogP contribution in [0.3, 0.4) is 0 Å². The topological polar surface area (TPSA) is 87.1 Å². The molecule has 8 heteroatoms. The summed E-state index contributed by atoms with van der Waals surface area (Å²) in [4.78, 5) is 14.9. The fourth-order valence-corrected chi connectivity index (χ4v) is 8.93. The zero-order valence-electron chi connectivity index (χ0n) is 20.5. The van der Waals surface area contributed by atoms with Gasteiger partial charge in [-0.15, -0.1) is 0 Å². The van der Waals surface area contributed by atoms with Crippen LogP contribution in [0, 0.1) is 22.7 Å². The molecule has 0 spiro atoms. The van der Waals surface area contributed by atoms with Crippen molar-refractivity contribution in [2.75, 3.05) is 46.6 Å². The van der Waals surface area contributed by atoms with Crippen molar-refractivity contribution in [2.24, 2.45) is 22.7 Å². The molecule has 33 heavy (non-hydrogen) atoms. The van der Waals surface area contributed by atoms with Crippen molar-refractivity contribution in [2.45, 2.75) is 45.1 Å². The van der Waals surface area contributed by atoms with E-state index in [1.807, 2.05) is 43.3 Å². The average Bonchev–Trinajstić information content (AvgIpc) is 3.09. The molecule has 184 valence electrons. The molecule has 1 saturated heterocycles. The van der Waals surface area contributed by atoms with Gasteiger partial charge in [0.05, 0.1) is 18.5 Å². The van der Waals surface area contributed by atoms with Gasteiger partial charge in [0.15, 0.2) is 0 Å². The summed E-state index contributed by atoms with van der Waals surface area (Å²) in [6.07, 6.45) is 2.38. The Kier molecular flexibility index (Phi) is 6.22. The summed E-state index contributed by atoms with van der Waals surface area (Å²) in [6, 6.07) is 7.41. The molecule has 4 atom stereocenters. The standard InChI is InChI=1S/C25H38N2O5S/c1-23(2)18-9-10-24(23,22(28)14-18)17-33(30,31)27-12-11-25(29,20(16-27)15-26(3)4)19-7-6-8-21(13-19)32-5/h6-8,13,18,20,29H,9-12,14-17H2,1-5H3/t18-,20?,24-,25?/m0/s1. The Morgan fingerprint density at radius 3 is 2.55 bits per heavy atom. The normalized spacial score (nSPS) is 34.2. The minimum absolute atomic E-state index is 0.113. The van der Waals surface area contributed by atoms with Crippen LogP contribution in [0.15, 0.2) is 24.3 Å². The van der Waals surface area contributed by atoms with Gasteiger partial charge in [-0.05, 0) is 62.4 Å². The molecule has 3 aliphatic rings. The molecule has 7 nitrogen and oxygen atoms in total. The summed E-state index contributed by atoms with van der Waals surface area (Å²) >= 11 is 0. The number of fused-ring (bicyclic) bond motifs is 2. The molecule has 0 radical (unpaired) electrons. The summed E-state index contributed by atoms with van der Waals surface area (Å²) in [5.41, 5.74) is -1.50. The second-order valence-electron chi connectivity index (χ2n) is 11.1. The second-order valence-corrected chi connectivity index (χ2v) is 13.1. The van der Waals surface area contributed by atoms with E-state index in [0.29, 0.717) is 31.6 Å². The lowest BCUT2D eigenvalue weighted by atomic mass is 9.70. The van der Waals surface area contributed by atoms with E-state index in [0.717, 1.165) is 12.0 Å². The predicted molar refractivity (Wildman–Crippen MR) is 127 cm³/mol. The van der Waals surface area contributed by atoms with Gasteiger partial charge >= 0.3 is 0 Å². The van der Waals surface area contributed by atoms with E-state index < -0.39 is 21.0 Å². The minimum atomic E-state index is -3.67. The molecule has 2 unspecified atom stereocenters. The molecule has 2 aliphatic carbocycles. The number of hydrogen-bond acceptors (Lipinski definition) is 6. The van der Waals surface area contributed by atoms with Crippen LogP contribution in [0.25, 0.3) is 0 Å². The number of nitrogens with zero attached hydrogens (tertiary/aromatic N) is 2. The summed E-state index contributed by atoms with van der Waals surface area (Å²) < 4.78 is 34.3. The van der Waals surface area contributed by atoms with Crippen LogP contribution in [-0.4, -0.2) is 75.1 Å². The number of methoxy groups -OCH3 is 1. The molecular formula is C25H38N2O5S. The van der Waals surface area contributed by atoms with Gasteiger partial charge in [-0.2, -0.15) is 0 Å². The van der Waals surface area contributed by atoms with Gasteiger partial charge < -0.3 is 14.7 Å². The van der Waals surface area contributed by atoms with Gasteiger partial charge in [0.2, 0.25) is 10.0 Å². The van der Waals surface area contributed by atoms with Crippen LogP contribution in [0.4, 0.5) is 0 Å². The van der Waals surface area contributed by atoms with Crippen molar-refractivity contribution in [3.8, 4) is 5.75 Å². The first-order chi connectivity index (χ1) is 15.4. The largest absolute Gasteiger partial charge is 0.497 e. The lowest BCUT2D eigenvalue weighted by molar-refractivity contribution is -0.128. The number of aliphatic hydroxyl groups is 1. The van der Waals surface area contributed by atoms with E-state index in [2.05, 4.69) is 13.8 Å². The molecule has 1 heterocycles. The first-order valence-corrected chi connectivity index (χ1v) is 13.5. The van der Waals surface area contributed by atoms with E-state index in [9.17, 15) is 18.3 Å². The molecule has 2 saturated carbocycles. The number of Topliss-reactive ketones (excluding diaryl/α,β-unsaturated/α-hetero) is 1. The number of piperidine rings is 1. The maximum atomic E-state index is 13.7. The maximum Gasteiger partial charge on any atom is 0.215 e. The summed E-state index contributed by atoms with van der Waals surface area (Å²) in [5, 5.41) is 11.8. The Hall–Kier alpha value is -1.48. The van der Waals surface area contributed by atoms with Gasteiger partial charge in [-0.3, -0.25) is 4.79 Å². The molecule has 3 fully saturated rings. The van der Waals surface area contributed by atoms with Crippen LogP contribution in [0.5, 0.6) is 5.75 Å². The monoisotopic (exact) mass is 478 g/mol. The van der Waals surface area contributed by atoms with Crippen molar-refractivity contribution in [3.63, 3.8) is 0 Å². The van der Waals surface area contributed by atoms with E-state index in [-0.39, 0.29) is 41.9 Å². The average molecular weight is 479 g/mol. The van der Waals surface area contributed by atoms with Gasteiger partial charge in [0, 0.05) is 37.4 Å². The van der Waals surface area contributed by atoms with Crippen LogP contribution >= 0.6 is 0 Å². The van der Waals surface area contributed by atoms with Crippen molar-refractivity contribution in [1.29, 1.82) is 0 Å². The Labute approximate surface area is 198 Å². The molecule has 1 aromatic rings. The summed E-state index contributed by atoms with van der Waals surface area (Å²) in [6.45, 7) is 5.13. The third kappa shape index (κ3) is 3.93. The highest BCUT2D eigenvalue weighted by molar-refractivity contribution is 7.89. The Morgan fingerprint density at radius 1 is 1.24 bits per heavy atom. The third-order valence-electron chi connectivity index (χ3n) is 8.96. The number of ether oxygens (including phenoxy) is 1. The number of benzene rings is 1. The molecule has 1 aliphatic heterocycles. The Balaban J connectivity index is 1.61. The van der Waals surface area contributed by atoms with Crippen LogP contribution in [-0.2, 0) is 20.4 Å². The Morgan fingerprint density at radius 2 is 1.97 bits per heavy atom. The molecular weight excluding hydrogens is 440 g/mol. The van der Waals surface area contributed by atoms with Crippen molar-refractivity contribution >= 4 is 15.8 Å². The van der Waals surface area contributed by atoms with Gasteiger partial charge in [0.25, 0.3) is 0 Å². The zero-order valence-corrected chi connectivity index (χ0v) is 21.3. The number of sulfonamides is 1. The summed E-state index contributed by atoms with van der Waals surface area (Å²) in [7, 11) is 1.78. The highest BCUT2D eigenvalue weighted by Gasteiger charge is 2.65. The molecule has 1 N–H and O–H groups in total. The molecule has 2 bridgehead atoms. The quantitative estimate of drug-likeness (QED) is 0.648. The SMILES string of the molecule is COc1cccc(C2(O)CCN(S(=O)(=O)C[C@@]34CC[C@@H](CC3=O)C4(C)C)CC2CN(C)C)c1. The van der Waals surface area contributed by atoms with Crippen LogP contribution in [0.2, 0.25) is 0 Å². The predicted octanol–water partition coefficient (Wildman–Crippen LogP) is 2.49. The number of carbonyl (C=O) groups excluding carboxylic acids is 1. The van der Waals surface area contributed by atoms with Crippen molar-refractivity contribution in [1.82, 2.24) is 9.21 Å². The van der Waals surface area contributed by atoms with Crippen LogP contribution in [0.1, 0.15) is 45.1 Å². The van der Waals surface area contributed by atoms with Crippen LogP contribution < -0.4 is 4.74 Å². The maximum absolute atomic E-state index is 13.7. The zero-order chi connectivity index (χ0) is 24.2. The van der Waals surface area contributed by atoms with Crippen molar-refractivity contribution in [3.05, 3.63) is 29.8 Å². The fourth-order valence-electron chi connectivity index (χ4n) is 6.67. The van der Waals surface area contributed by atoms with E-state index in [1.54, 1.807) is 7.11 Å². The molecule has 1 aromatic carbocycles. The third-order valence-corrected chi connectivity index (χ3v) is 10.9. The number of carbonyl (C=O) groups is 1. The lowest BCUT2D eigenvalue weighted by Gasteiger charge is -2.46. The first kappa shape index (κ1) is 24.6. The minimum Gasteiger partial charge on any atom is -0.497 e. The summed E-state index contributed by atoms with van der Waals surface area (Å²) in [5.74, 6) is 0.623. The molecule has 4 rings (SSSR count). The highest BCUT2D eigenvalue weighted by Crippen LogP contribution is 2.64. The second kappa shape index (κ2) is 8.33. The molecule has 0 aromatic heterocycles. The van der Waals surface area contributed by atoms with E-state index in [4.69, 9.17) is 4.74 Å². The number of ketones is 1. The first-order valence-electron chi connectivity index (χ1n) is 11.9. The van der Waals surface area contributed by atoms with Gasteiger partial charge in [-0.1, -0.05) is 26.0 Å².